The van der Waals surface area contributed by atoms with E-state index in [2.05, 4.69) is 4.98 Å². The van der Waals surface area contributed by atoms with Crippen LogP contribution in [0.4, 0.5) is 0 Å². The van der Waals surface area contributed by atoms with Crippen LogP contribution in [-0.2, 0) is 4.79 Å². The second-order valence-corrected chi connectivity index (χ2v) is 7.77. The molecular weight excluding hydrogens is 438 g/mol. The zero-order chi connectivity index (χ0) is 23.8. The Kier molecular flexibility index (Phi) is 5.41. The molecule has 0 N–H and O–H groups in total. The van der Waals surface area contributed by atoms with Crippen LogP contribution in [0.1, 0.15) is 39.4 Å². The number of hydrogen-bond donors (Lipinski definition) is 0. The summed E-state index contributed by atoms with van der Waals surface area (Å²) >= 11 is 0. The van der Waals surface area contributed by atoms with Gasteiger partial charge in [0.15, 0.2) is 17.3 Å². The minimum absolute atomic E-state index is 0.124. The van der Waals surface area contributed by atoms with Gasteiger partial charge in [0.25, 0.3) is 0 Å². The molecule has 0 spiro atoms. The summed E-state index contributed by atoms with van der Waals surface area (Å²) in [4.78, 5) is 29.7. The number of carbonyl (C=O) groups excluding carboxylic acids is 2. The van der Waals surface area contributed by atoms with E-state index in [0.29, 0.717) is 45.4 Å². The summed E-state index contributed by atoms with van der Waals surface area (Å²) in [5.41, 5.74) is 2.54. The molecule has 8 nitrogen and oxygen atoms in total. The van der Waals surface area contributed by atoms with Crippen molar-refractivity contribution in [2.75, 3.05) is 21.3 Å². The van der Waals surface area contributed by atoms with E-state index in [0.717, 1.165) is 5.56 Å². The highest BCUT2D eigenvalue weighted by molar-refractivity contribution is 6.15. The van der Waals surface area contributed by atoms with Crippen LogP contribution in [0.2, 0.25) is 0 Å². The van der Waals surface area contributed by atoms with E-state index in [-0.39, 0.29) is 29.9 Å². The van der Waals surface area contributed by atoms with Crippen LogP contribution in [0.25, 0.3) is 6.08 Å². The summed E-state index contributed by atoms with van der Waals surface area (Å²) < 4.78 is 27.7. The molecule has 2 aromatic carbocycles. The Bertz CT molecular complexity index is 1310. The largest absolute Gasteiger partial charge is 0.493 e. The Morgan fingerprint density at radius 2 is 1.76 bits per heavy atom. The third-order valence-corrected chi connectivity index (χ3v) is 5.85. The lowest BCUT2D eigenvalue weighted by atomic mass is 9.85. The van der Waals surface area contributed by atoms with Crippen molar-refractivity contribution in [3.8, 4) is 28.7 Å². The molecule has 34 heavy (non-hydrogen) atoms. The number of esters is 1. The van der Waals surface area contributed by atoms with Crippen LogP contribution in [0.5, 0.6) is 28.7 Å². The van der Waals surface area contributed by atoms with E-state index in [1.807, 2.05) is 6.07 Å². The first kappa shape index (κ1) is 21.5. The molecule has 2 aliphatic heterocycles. The quantitative estimate of drug-likeness (QED) is 0.319. The molecule has 0 saturated heterocycles. The summed E-state index contributed by atoms with van der Waals surface area (Å²) in [5.74, 6) is 1.31. The Morgan fingerprint density at radius 1 is 1.00 bits per heavy atom. The number of benzene rings is 2. The first-order chi connectivity index (χ1) is 16.5. The van der Waals surface area contributed by atoms with Gasteiger partial charge in [0.1, 0.15) is 11.5 Å². The predicted octanol–water partition coefficient (Wildman–Crippen LogP) is 4.16. The summed E-state index contributed by atoms with van der Waals surface area (Å²) in [6, 6.07) is 10.4. The van der Waals surface area contributed by atoms with E-state index >= 15 is 0 Å². The molecule has 0 bridgehead atoms. The lowest BCUT2D eigenvalue weighted by Gasteiger charge is -2.26. The van der Waals surface area contributed by atoms with Crippen molar-refractivity contribution in [3.05, 3.63) is 76.8 Å². The Balaban J connectivity index is 1.59. The Hall–Kier alpha value is -4.33. The Labute approximate surface area is 195 Å². The molecule has 0 radical (unpaired) electrons. The van der Waals surface area contributed by atoms with Gasteiger partial charge in [0, 0.05) is 23.9 Å². The highest BCUT2D eigenvalue weighted by atomic mass is 16.5. The van der Waals surface area contributed by atoms with E-state index in [1.165, 1.54) is 21.3 Å². The molecule has 0 fully saturated rings. The fourth-order valence-corrected chi connectivity index (χ4v) is 4.31. The number of hydrogen-bond acceptors (Lipinski definition) is 8. The number of aromatic nitrogens is 1. The molecule has 5 rings (SSSR count). The number of Topliss-reactive ketones (excluding diaryl/α,β-unsaturated/α-hetero) is 1. The van der Waals surface area contributed by atoms with Gasteiger partial charge in [0.05, 0.1) is 33.3 Å². The van der Waals surface area contributed by atoms with E-state index < -0.39 is 0 Å². The minimum Gasteiger partial charge on any atom is -0.493 e. The van der Waals surface area contributed by atoms with Gasteiger partial charge in [-0.2, -0.15) is 0 Å². The van der Waals surface area contributed by atoms with Crippen molar-refractivity contribution in [2.45, 2.75) is 12.3 Å². The van der Waals surface area contributed by atoms with Crippen molar-refractivity contribution in [3.63, 3.8) is 0 Å². The second-order valence-electron chi connectivity index (χ2n) is 7.77. The van der Waals surface area contributed by atoms with Crippen molar-refractivity contribution >= 4 is 17.8 Å². The van der Waals surface area contributed by atoms with Gasteiger partial charge in [-0.25, -0.2) is 0 Å². The van der Waals surface area contributed by atoms with Crippen LogP contribution in [0.15, 0.2) is 54.6 Å². The van der Waals surface area contributed by atoms with Crippen LogP contribution >= 0.6 is 0 Å². The third-order valence-electron chi connectivity index (χ3n) is 5.85. The van der Waals surface area contributed by atoms with Gasteiger partial charge in [-0.3, -0.25) is 14.6 Å². The van der Waals surface area contributed by atoms with Gasteiger partial charge in [-0.05, 0) is 47.5 Å². The van der Waals surface area contributed by atoms with Gasteiger partial charge in [-0.15, -0.1) is 0 Å². The fourth-order valence-electron chi connectivity index (χ4n) is 4.31. The van der Waals surface area contributed by atoms with E-state index in [9.17, 15) is 9.59 Å². The van der Waals surface area contributed by atoms with Gasteiger partial charge < -0.3 is 23.7 Å². The standard InChI is InChI=1S/C26H21NO7/c1-30-20-10-14(11-21(31-2)26(20)32-3)9-19-24(29)16-6-7-18-23(25(16)34-19)17(12-22(28)33-18)15-5-4-8-27-13-15/h4-11,13,17H,12H2,1-3H3/b19-9-/t17-/m1/s1. The summed E-state index contributed by atoms with van der Waals surface area (Å²) in [6.07, 6.45) is 5.11. The van der Waals surface area contributed by atoms with E-state index in [1.54, 1.807) is 48.8 Å². The lowest BCUT2D eigenvalue weighted by molar-refractivity contribution is -0.135. The molecule has 2 aliphatic rings. The zero-order valence-corrected chi connectivity index (χ0v) is 18.8. The Morgan fingerprint density at radius 3 is 2.41 bits per heavy atom. The number of carbonyl (C=O) groups is 2. The number of allylic oxidation sites excluding steroid dienone is 1. The average molecular weight is 459 g/mol. The topological polar surface area (TPSA) is 93.2 Å². The smallest absolute Gasteiger partial charge is 0.312 e. The van der Waals surface area contributed by atoms with Crippen molar-refractivity contribution in [1.29, 1.82) is 0 Å². The molecule has 3 heterocycles. The normalized spacial score (nSPS) is 17.5. The number of pyridine rings is 1. The molecule has 0 amide bonds. The third kappa shape index (κ3) is 3.53. The minimum atomic E-state index is -0.348. The number of rotatable bonds is 5. The van der Waals surface area contributed by atoms with Crippen LogP contribution in [0.3, 0.4) is 0 Å². The number of methoxy groups -OCH3 is 3. The highest BCUT2D eigenvalue weighted by Gasteiger charge is 2.38. The maximum atomic E-state index is 13.2. The summed E-state index contributed by atoms with van der Waals surface area (Å²) in [6.45, 7) is 0. The average Bonchev–Trinajstić information content (AvgIpc) is 3.18. The van der Waals surface area contributed by atoms with Crippen molar-refractivity contribution < 1.29 is 33.3 Å². The van der Waals surface area contributed by atoms with Crippen LogP contribution in [0, 0.1) is 0 Å². The highest BCUT2D eigenvalue weighted by Crippen LogP contribution is 2.49. The molecule has 0 unspecified atom stereocenters. The second kappa shape index (κ2) is 8.55. The monoisotopic (exact) mass is 459 g/mol. The molecule has 0 saturated carbocycles. The zero-order valence-electron chi connectivity index (χ0n) is 18.8. The number of nitrogens with zero attached hydrogens (tertiary/aromatic N) is 1. The molecule has 3 aromatic rings. The lowest BCUT2D eigenvalue weighted by Crippen LogP contribution is -2.21. The number of ether oxygens (including phenoxy) is 5. The van der Waals surface area contributed by atoms with Crippen LogP contribution < -0.4 is 23.7 Å². The molecule has 172 valence electrons. The predicted molar refractivity (Wildman–Crippen MR) is 122 cm³/mol. The first-order valence-corrected chi connectivity index (χ1v) is 10.6. The molecule has 0 aliphatic carbocycles. The number of fused-ring (bicyclic) bond motifs is 3. The molecule has 1 atom stereocenters. The van der Waals surface area contributed by atoms with Gasteiger partial charge in [0.2, 0.25) is 11.5 Å². The van der Waals surface area contributed by atoms with Crippen LogP contribution in [-0.4, -0.2) is 38.1 Å². The maximum Gasteiger partial charge on any atom is 0.312 e. The SMILES string of the molecule is COc1cc(/C=C2\Oc3c(ccc4c3[C@@H](c3cccnc3)CC(=O)O4)C2=O)cc(OC)c1OC. The van der Waals surface area contributed by atoms with E-state index in [4.69, 9.17) is 23.7 Å². The molecule has 8 heteroatoms. The van der Waals surface area contributed by atoms with Gasteiger partial charge >= 0.3 is 5.97 Å². The number of ketones is 1. The van der Waals surface area contributed by atoms with Gasteiger partial charge in [-0.1, -0.05) is 6.07 Å². The fraction of sp³-hybridized carbons (Fsp3) is 0.192. The van der Waals surface area contributed by atoms with Crippen molar-refractivity contribution in [2.24, 2.45) is 0 Å². The summed E-state index contributed by atoms with van der Waals surface area (Å²) in [7, 11) is 4.56. The van der Waals surface area contributed by atoms with Crippen molar-refractivity contribution in [1.82, 2.24) is 4.98 Å². The maximum absolute atomic E-state index is 13.2. The first-order valence-electron chi connectivity index (χ1n) is 10.6. The molecular formula is C26H21NO7. The summed E-state index contributed by atoms with van der Waals surface area (Å²) in [5, 5.41) is 0. The molecule has 1 aromatic heterocycles.